The Labute approximate surface area is 164 Å². The quantitative estimate of drug-likeness (QED) is 0.767. The normalized spacial score (nSPS) is 14.3. The van der Waals surface area contributed by atoms with E-state index in [0.717, 1.165) is 29.4 Å². The van der Waals surface area contributed by atoms with Crippen LogP contribution in [0.3, 0.4) is 0 Å². The van der Waals surface area contributed by atoms with E-state index in [1.54, 1.807) is 6.07 Å². The van der Waals surface area contributed by atoms with Crippen LogP contribution in [0.5, 0.6) is 0 Å². The van der Waals surface area contributed by atoms with Gasteiger partial charge in [-0.05, 0) is 36.6 Å². The zero-order chi connectivity index (χ0) is 18.9. The fraction of sp³-hybridized carbons (Fsp3) is 0.381. The molecule has 5 nitrogen and oxygen atoms in total. The van der Waals surface area contributed by atoms with Crippen molar-refractivity contribution in [2.24, 2.45) is 0 Å². The van der Waals surface area contributed by atoms with Gasteiger partial charge < -0.3 is 10.2 Å². The highest BCUT2D eigenvalue weighted by Crippen LogP contribution is 2.22. The van der Waals surface area contributed by atoms with E-state index >= 15 is 0 Å². The molecular weight excluding hydrogens is 356 g/mol. The van der Waals surface area contributed by atoms with Crippen molar-refractivity contribution in [3.05, 3.63) is 53.7 Å². The van der Waals surface area contributed by atoms with Gasteiger partial charge in [0.15, 0.2) is 0 Å². The van der Waals surface area contributed by atoms with E-state index in [1.807, 2.05) is 36.5 Å². The van der Waals surface area contributed by atoms with Gasteiger partial charge in [0.2, 0.25) is 0 Å². The van der Waals surface area contributed by atoms with E-state index < -0.39 is 0 Å². The molecule has 140 valence electrons. The molecule has 27 heavy (non-hydrogen) atoms. The molecule has 0 bridgehead atoms. The third-order valence-corrected chi connectivity index (χ3v) is 5.56. The van der Waals surface area contributed by atoms with Crippen LogP contribution in [0.4, 0.5) is 5.82 Å². The van der Waals surface area contributed by atoms with Gasteiger partial charge in [0.25, 0.3) is 5.91 Å². The first kappa shape index (κ1) is 19.2. The second kappa shape index (κ2) is 9.98. The van der Waals surface area contributed by atoms with Crippen LogP contribution in [0.25, 0.3) is 0 Å². The van der Waals surface area contributed by atoms with Crippen molar-refractivity contribution in [2.75, 3.05) is 23.7 Å². The topological polar surface area (TPSA) is 69.0 Å². The molecule has 2 aromatic rings. The Hall–Kier alpha value is -2.52. The van der Waals surface area contributed by atoms with Gasteiger partial charge in [0, 0.05) is 30.7 Å². The highest BCUT2D eigenvalue weighted by Gasteiger charge is 2.13. The van der Waals surface area contributed by atoms with Crippen molar-refractivity contribution in [1.29, 1.82) is 5.26 Å². The number of pyridine rings is 1. The van der Waals surface area contributed by atoms with Gasteiger partial charge in [-0.2, -0.15) is 5.26 Å². The lowest BCUT2D eigenvalue weighted by Gasteiger charge is -2.21. The predicted molar refractivity (Wildman–Crippen MR) is 109 cm³/mol. The Bertz CT molecular complexity index is 793. The number of anilines is 1. The highest BCUT2D eigenvalue weighted by atomic mass is 32.2. The molecule has 0 saturated carbocycles. The zero-order valence-electron chi connectivity index (χ0n) is 15.4. The second-order valence-corrected chi connectivity index (χ2v) is 7.57. The van der Waals surface area contributed by atoms with E-state index in [-0.39, 0.29) is 5.91 Å². The van der Waals surface area contributed by atoms with Crippen LogP contribution in [0, 0.1) is 11.3 Å². The van der Waals surface area contributed by atoms with Crippen molar-refractivity contribution in [1.82, 2.24) is 10.3 Å². The molecule has 1 saturated heterocycles. The maximum absolute atomic E-state index is 12.5. The molecule has 2 heterocycles. The minimum atomic E-state index is -0.132. The summed E-state index contributed by atoms with van der Waals surface area (Å²) in [6, 6.07) is 13.5. The molecule has 0 atom stereocenters. The molecule has 1 fully saturated rings. The summed E-state index contributed by atoms with van der Waals surface area (Å²) in [6.45, 7) is 2.57. The third-order valence-electron chi connectivity index (χ3n) is 4.62. The Balaban J connectivity index is 1.58. The molecule has 1 aromatic carbocycles. The molecular formula is C21H24N4OS. The van der Waals surface area contributed by atoms with E-state index in [9.17, 15) is 4.79 Å². The number of rotatable bonds is 6. The minimum absolute atomic E-state index is 0.132. The number of carbonyl (C=O) groups is 1. The average Bonchev–Trinajstić information content (AvgIpc) is 3.00. The van der Waals surface area contributed by atoms with E-state index in [1.165, 1.54) is 37.4 Å². The van der Waals surface area contributed by atoms with Gasteiger partial charge in [-0.15, -0.1) is 11.8 Å². The Morgan fingerprint density at radius 3 is 2.63 bits per heavy atom. The number of nitrogens with one attached hydrogen (secondary N) is 1. The largest absolute Gasteiger partial charge is 0.357 e. The summed E-state index contributed by atoms with van der Waals surface area (Å²) in [5, 5.41) is 11.7. The van der Waals surface area contributed by atoms with Crippen LogP contribution in [-0.4, -0.2) is 29.7 Å². The lowest BCUT2D eigenvalue weighted by molar-refractivity contribution is 0.0948. The molecule has 6 heteroatoms. The van der Waals surface area contributed by atoms with Crippen LogP contribution < -0.4 is 10.2 Å². The first-order valence-corrected chi connectivity index (χ1v) is 10.3. The number of benzene rings is 1. The highest BCUT2D eigenvalue weighted by molar-refractivity contribution is 7.99. The first-order chi connectivity index (χ1) is 13.3. The molecule has 1 aromatic heterocycles. The van der Waals surface area contributed by atoms with Crippen LogP contribution >= 0.6 is 11.8 Å². The predicted octanol–water partition coefficient (Wildman–Crippen LogP) is 4.01. The smallest absolute Gasteiger partial charge is 0.252 e. The minimum Gasteiger partial charge on any atom is -0.357 e. The van der Waals surface area contributed by atoms with Gasteiger partial charge in [-0.1, -0.05) is 31.0 Å². The molecule has 0 unspecified atom stereocenters. The maximum Gasteiger partial charge on any atom is 0.252 e. The fourth-order valence-corrected chi connectivity index (χ4v) is 3.89. The number of carbonyl (C=O) groups excluding carboxylic acids is 1. The first-order valence-electron chi connectivity index (χ1n) is 9.35. The molecule has 1 aliphatic rings. The Kier molecular flexibility index (Phi) is 7.11. The molecule has 0 aliphatic carbocycles. The van der Waals surface area contributed by atoms with E-state index in [0.29, 0.717) is 17.9 Å². The molecule has 1 aliphatic heterocycles. The van der Waals surface area contributed by atoms with Gasteiger partial charge >= 0.3 is 0 Å². The van der Waals surface area contributed by atoms with Crippen molar-refractivity contribution < 1.29 is 4.79 Å². The van der Waals surface area contributed by atoms with Gasteiger partial charge in [0.1, 0.15) is 5.82 Å². The molecule has 1 N–H and O–H groups in total. The fourth-order valence-electron chi connectivity index (χ4n) is 3.18. The summed E-state index contributed by atoms with van der Waals surface area (Å²) < 4.78 is 0. The number of nitriles is 1. The Morgan fingerprint density at radius 1 is 1.15 bits per heavy atom. The molecule has 0 radical (unpaired) electrons. The SMILES string of the molecule is N#CCSc1ccccc1C(=O)NCc1ccc(N2CCCCCC2)nc1. The van der Waals surface area contributed by atoms with Crippen LogP contribution in [0.1, 0.15) is 41.6 Å². The van der Waals surface area contributed by atoms with Gasteiger partial charge in [-0.25, -0.2) is 4.98 Å². The van der Waals surface area contributed by atoms with Crippen LogP contribution in [0.15, 0.2) is 47.5 Å². The summed E-state index contributed by atoms with van der Waals surface area (Å²) in [5.74, 6) is 1.21. The summed E-state index contributed by atoms with van der Waals surface area (Å²) in [7, 11) is 0. The Morgan fingerprint density at radius 2 is 1.93 bits per heavy atom. The maximum atomic E-state index is 12.5. The molecule has 0 spiro atoms. The molecule has 1 amide bonds. The summed E-state index contributed by atoms with van der Waals surface area (Å²) in [5.41, 5.74) is 1.58. The number of nitrogens with zero attached hydrogens (tertiary/aromatic N) is 3. The van der Waals surface area contributed by atoms with Crippen molar-refractivity contribution in [3.8, 4) is 6.07 Å². The molecule has 3 rings (SSSR count). The number of thioether (sulfide) groups is 1. The van der Waals surface area contributed by atoms with Gasteiger partial charge in [-0.3, -0.25) is 4.79 Å². The summed E-state index contributed by atoms with van der Waals surface area (Å²) >= 11 is 1.38. The number of hydrogen-bond acceptors (Lipinski definition) is 5. The number of hydrogen-bond donors (Lipinski definition) is 1. The van der Waals surface area contributed by atoms with Crippen LogP contribution in [-0.2, 0) is 6.54 Å². The summed E-state index contributed by atoms with van der Waals surface area (Å²) in [4.78, 5) is 20.3. The van der Waals surface area contributed by atoms with Crippen molar-refractivity contribution in [2.45, 2.75) is 37.1 Å². The lowest BCUT2D eigenvalue weighted by atomic mass is 10.2. The van der Waals surface area contributed by atoms with E-state index in [2.05, 4.69) is 21.3 Å². The van der Waals surface area contributed by atoms with Gasteiger partial charge in [0.05, 0.1) is 17.4 Å². The standard InChI is InChI=1S/C21H24N4OS/c22-11-14-27-19-8-4-3-7-18(19)21(26)24-16-17-9-10-20(23-15-17)25-12-5-1-2-6-13-25/h3-4,7-10,15H,1-2,5-6,12-14,16H2,(H,24,26). The van der Waals surface area contributed by atoms with E-state index in [4.69, 9.17) is 5.26 Å². The third kappa shape index (κ3) is 5.48. The van der Waals surface area contributed by atoms with Crippen molar-refractivity contribution >= 4 is 23.5 Å². The number of aromatic nitrogens is 1. The number of amides is 1. The lowest BCUT2D eigenvalue weighted by Crippen LogP contribution is -2.25. The monoisotopic (exact) mass is 380 g/mol. The van der Waals surface area contributed by atoms with Crippen LogP contribution in [0.2, 0.25) is 0 Å². The van der Waals surface area contributed by atoms with Crippen molar-refractivity contribution in [3.63, 3.8) is 0 Å². The average molecular weight is 381 g/mol. The zero-order valence-corrected chi connectivity index (χ0v) is 16.2. The summed E-state index contributed by atoms with van der Waals surface area (Å²) in [6.07, 6.45) is 6.89. The second-order valence-electron chi connectivity index (χ2n) is 6.55.